The van der Waals surface area contributed by atoms with Gasteiger partial charge in [-0.25, -0.2) is 4.98 Å². The number of methoxy groups -OCH3 is 2. The van der Waals surface area contributed by atoms with Gasteiger partial charge in [0.1, 0.15) is 5.82 Å². The third kappa shape index (κ3) is 3.63. The second kappa shape index (κ2) is 6.15. The van der Waals surface area contributed by atoms with E-state index < -0.39 is 0 Å². The Kier molecular flexibility index (Phi) is 4.68. The van der Waals surface area contributed by atoms with Crippen molar-refractivity contribution in [3.05, 3.63) is 11.8 Å². The molecule has 0 saturated carbocycles. The molecule has 0 radical (unpaired) electrons. The van der Waals surface area contributed by atoms with Crippen LogP contribution in [0.1, 0.15) is 32.9 Å². The van der Waals surface area contributed by atoms with Gasteiger partial charge in [0.25, 0.3) is 0 Å². The summed E-state index contributed by atoms with van der Waals surface area (Å²) in [6, 6.07) is 2.06. The van der Waals surface area contributed by atoms with E-state index in [1.807, 2.05) is 6.07 Å². The summed E-state index contributed by atoms with van der Waals surface area (Å²) in [4.78, 5) is 11.3. The van der Waals surface area contributed by atoms with Crippen molar-refractivity contribution in [1.29, 1.82) is 0 Å². The first-order chi connectivity index (χ1) is 9.85. The molecule has 21 heavy (non-hydrogen) atoms. The summed E-state index contributed by atoms with van der Waals surface area (Å²) in [5, 5.41) is 0. The van der Waals surface area contributed by atoms with Gasteiger partial charge in [0, 0.05) is 32.2 Å². The Hall–Kier alpha value is -1.40. The lowest BCUT2D eigenvalue weighted by Crippen LogP contribution is -2.35. The highest BCUT2D eigenvalue weighted by Crippen LogP contribution is 2.28. The maximum Gasteiger partial charge on any atom is 0.227 e. The molecule has 0 aromatic carbocycles. The monoisotopic (exact) mass is 294 g/mol. The van der Waals surface area contributed by atoms with E-state index >= 15 is 0 Å². The minimum absolute atomic E-state index is 0.0665. The molecule has 2 N–H and O–H groups in total. The normalized spacial score (nSPS) is 22.8. The van der Waals surface area contributed by atoms with Crippen LogP contribution < -0.4 is 10.6 Å². The van der Waals surface area contributed by atoms with Gasteiger partial charge in [0.15, 0.2) is 0 Å². The van der Waals surface area contributed by atoms with Crippen molar-refractivity contribution in [2.45, 2.75) is 44.8 Å². The Morgan fingerprint density at radius 2 is 2.05 bits per heavy atom. The molecule has 0 bridgehead atoms. The van der Waals surface area contributed by atoms with E-state index in [-0.39, 0.29) is 17.6 Å². The number of nitrogens with two attached hydrogens (primary N) is 1. The molecule has 1 aliphatic heterocycles. The lowest BCUT2D eigenvalue weighted by Gasteiger charge is -2.26. The highest BCUT2D eigenvalue weighted by Gasteiger charge is 2.34. The average Bonchev–Trinajstić information content (AvgIpc) is 2.81. The summed E-state index contributed by atoms with van der Waals surface area (Å²) in [5.74, 6) is 1.17. The van der Waals surface area contributed by atoms with Crippen LogP contribution in [0.15, 0.2) is 6.07 Å². The second-order valence-electron chi connectivity index (χ2n) is 6.58. The van der Waals surface area contributed by atoms with Crippen molar-refractivity contribution in [3.8, 4) is 0 Å². The number of nitrogens with zero attached hydrogens (tertiary/aromatic N) is 3. The molecule has 0 aliphatic carbocycles. The lowest BCUT2D eigenvalue weighted by atomic mass is 9.92. The minimum Gasteiger partial charge on any atom is -0.384 e. The van der Waals surface area contributed by atoms with E-state index in [1.54, 1.807) is 14.2 Å². The molecule has 2 atom stereocenters. The molecule has 6 heteroatoms. The van der Waals surface area contributed by atoms with Crippen molar-refractivity contribution >= 4 is 11.8 Å². The molecule has 2 heterocycles. The van der Waals surface area contributed by atoms with Crippen molar-refractivity contribution in [2.75, 3.05) is 38.0 Å². The zero-order valence-corrected chi connectivity index (χ0v) is 13.6. The number of anilines is 2. The van der Waals surface area contributed by atoms with E-state index in [0.717, 1.165) is 18.7 Å². The van der Waals surface area contributed by atoms with Crippen LogP contribution in [0.25, 0.3) is 0 Å². The molecule has 118 valence electrons. The van der Waals surface area contributed by atoms with Crippen LogP contribution in [-0.4, -0.2) is 49.5 Å². The van der Waals surface area contributed by atoms with E-state index in [4.69, 9.17) is 20.2 Å². The van der Waals surface area contributed by atoms with E-state index in [0.29, 0.717) is 18.4 Å². The van der Waals surface area contributed by atoms with Gasteiger partial charge in [0.2, 0.25) is 5.95 Å². The van der Waals surface area contributed by atoms with Crippen LogP contribution >= 0.6 is 0 Å². The topological polar surface area (TPSA) is 73.5 Å². The highest BCUT2D eigenvalue weighted by molar-refractivity contribution is 5.44. The van der Waals surface area contributed by atoms with E-state index in [1.165, 1.54) is 0 Å². The van der Waals surface area contributed by atoms with Crippen molar-refractivity contribution in [3.63, 3.8) is 0 Å². The molecule has 1 aliphatic rings. The molecule has 1 aromatic rings. The first kappa shape index (κ1) is 16.0. The molecule has 2 rings (SSSR count). The zero-order valence-electron chi connectivity index (χ0n) is 13.6. The summed E-state index contributed by atoms with van der Waals surface area (Å²) in [6.45, 7) is 7.74. The molecule has 1 fully saturated rings. The first-order valence-electron chi connectivity index (χ1n) is 7.28. The summed E-state index contributed by atoms with van der Waals surface area (Å²) >= 11 is 0. The number of hydrogen-bond donors (Lipinski definition) is 1. The Morgan fingerprint density at radius 1 is 1.33 bits per heavy atom. The molecular weight excluding hydrogens is 268 g/mol. The maximum absolute atomic E-state index is 5.97. The average molecular weight is 294 g/mol. The van der Waals surface area contributed by atoms with Gasteiger partial charge in [-0.3, -0.25) is 0 Å². The zero-order chi connectivity index (χ0) is 15.6. The Labute approximate surface area is 126 Å². The Balaban J connectivity index is 2.33. The van der Waals surface area contributed by atoms with Crippen LogP contribution in [0.4, 0.5) is 11.8 Å². The Bertz CT molecular complexity index is 487. The lowest BCUT2D eigenvalue weighted by molar-refractivity contribution is 0.111. The van der Waals surface area contributed by atoms with Crippen LogP contribution in [-0.2, 0) is 14.9 Å². The largest absolute Gasteiger partial charge is 0.384 e. The fourth-order valence-corrected chi connectivity index (χ4v) is 2.61. The van der Waals surface area contributed by atoms with Crippen molar-refractivity contribution in [1.82, 2.24) is 9.97 Å². The van der Waals surface area contributed by atoms with Gasteiger partial charge in [-0.1, -0.05) is 20.8 Å². The number of ether oxygens (including phenoxy) is 2. The third-order valence-corrected chi connectivity index (χ3v) is 3.83. The van der Waals surface area contributed by atoms with E-state index in [9.17, 15) is 0 Å². The quantitative estimate of drug-likeness (QED) is 0.909. The molecule has 0 unspecified atom stereocenters. The predicted octanol–water partition coefficient (Wildman–Crippen LogP) is 1.60. The van der Waals surface area contributed by atoms with Crippen LogP contribution in [0.3, 0.4) is 0 Å². The smallest absolute Gasteiger partial charge is 0.227 e. The van der Waals surface area contributed by atoms with Gasteiger partial charge >= 0.3 is 0 Å². The minimum atomic E-state index is -0.0665. The summed E-state index contributed by atoms with van der Waals surface area (Å²) in [6.07, 6.45) is 1.08. The molecule has 1 aromatic heterocycles. The van der Waals surface area contributed by atoms with Crippen LogP contribution in [0, 0.1) is 0 Å². The molecular formula is C15H26N4O2. The summed E-state index contributed by atoms with van der Waals surface area (Å²) < 4.78 is 10.8. The Morgan fingerprint density at radius 3 is 2.62 bits per heavy atom. The van der Waals surface area contributed by atoms with Gasteiger partial charge in [-0.2, -0.15) is 4.98 Å². The van der Waals surface area contributed by atoms with Gasteiger partial charge in [0.05, 0.1) is 24.4 Å². The second-order valence-corrected chi connectivity index (χ2v) is 6.58. The first-order valence-corrected chi connectivity index (χ1v) is 7.28. The number of rotatable bonds is 4. The van der Waals surface area contributed by atoms with Crippen LogP contribution in [0.5, 0.6) is 0 Å². The van der Waals surface area contributed by atoms with Crippen LogP contribution in [0.2, 0.25) is 0 Å². The standard InChI is InChI=1S/C15H26N4O2/c1-15(2,3)12-7-13(16)18-14(17-12)19-8-11(21-5)6-10(19)9-20-4/h7,10-11H,6,8-9H2,1-5H3,(H2,16,17,18)/t10-,11-/m0/s1. The van der Waals surface area contributed by atoms with Crippen molar-refractivity contribution < 1.29 is 9.47 Å². The highest BCUT2D eigenvalue weighted by atomic mass is 16.5. The molecule has 1 saturated heterocycles. The molecule has 0 amide bonds. The number of nitrogen functional groups attached to an aromatic ring is 1. The number of aromatic nitrogens is 2. The third-order valence-electron chi connectivity index (χ3n) is 3.83. The van der Waals surface area contributed by atoms with E-state index in [2.05, 4.69) is 30.7 Å². The molecule has 6 nitrogen and oxygen atoms in total. The predicted molar refractivity (Wildman–Crippen MR) is 83.6 cm³/mol. The number of hydrogen-bond acceptors (Lipinski definition) is 6. The fraction of sp³-hybridized carbons (Fsp3) is 0.733. The van der Waals surface area contributed by atoms with Gasteiger partial charge in [-0.05, 0) is 6.42 Å². The van der Waals surface area contributed by atoms with Gasteiger partial charge in [-0.15, -0.1) is 0 Å². The maximum atomic E-state index is 5.97. The SMILES string of the molecule is COC[C@@H]1C[C@H](OC)CN1c1nc(N)cc(C(C)(C)C)n1. The summed E-state index contributed by atoms with van der Waals surface area (Å²) in [5.41, 5.74) is 6.85. The fourth-order valence-electron chi connectivity index (χ4n) is 2.61. The summed E-state index contributed by atoms with van der Waals surface area (Å²) in [7, 11) is 3.44. The van der Waals surface area contributed by atoms with Gasteiger partial charge < -0.3 is 20.1 Å². The molecule has 0 spiro atoms. The van der Waals surface area contributed by atoms with Crippen molar-refractivity contribution in [2.24, 2.45) is 0 Å².